The molecule has 142 valence electrons. The van der Waals surface area contributed by atoms with E-state index >= 15 is 0 Å². The Morgan fingerprint density at radius 2 is 1.89 bits per heavy atom. The lowest BCUT2D eigenvalue weighted by molar-refractivity contribution is -0.384. The van der Waals surface area contributed by atoms with Crippen LogP contribution in [0.5, 0.6) is 11.5 Å². The number of carbonyl (C=O) groups excluding carboxylic acids is 1. The lowest BCUT2D eigenvalue weighted by Crippen LogP contribution is -2.34. The minimum absolute atomic E-state index is 0.0587. The summed E-state index contributed by atoms with van der Waals surface area (Å²) in [6.45, 7) is 0. The monoisotopic (exact) mass is 429 g/mol. The van der Waals surface area contributed by atoms with Crippen molar-refractivity contribution in [1.82, 2.24) is 5.32 Å². The summed E-state index contributed by atoms with van der Waals surface area (Å²) in [5, 5.41) is 16.4. The van der Waals surface area contributed by atoms with Crippen molar-refractivity contribution in [1.29, 1.82) is 0 Å². The molecule has 0 heterocycles. The van der Waals surface area contributed by atoms with E-state index in [9.17, 15) is 14.9 Å². The summed E-state index contributed by atoms with van der Waals surface area (Å²) in [7, 11) is 2.74. The molecule has 0 radical (unpaired) electrons. The fraction of sp³-hybridized carbons (Fsp3) is 0.125. The molecule has 1 amide bonds. The van der Waals surface area contributed by atoms with Gasteiger partial charge in [0.05, 0.1) is 35.8 Å². The molecule has 0 aliphatic carbocycles. The predicted octanol–water partition coefficient (Wildman–Crippen LogP) is 4.05. The molecule has 11 heteroatoms. The number of hydrogen-bond acceptors (Lipinski definition) is 6. The van der Waals surface area contributed by atoms with E-state index in [0.29, 0.717) is 5.75 Å². The van der Waals surface area contributed by atoms with Gasteiger partial charge >= 0.3 is 0 Å². The summed E-state index contributed by atoms with van der Waals surface area (Å²) in [5.41, 5.74) is -0.125. The zero-order valence-electron chi connectivity index (χ0n) is 14.0. The Kier molecular flexibility index (Phi) is 6.78. The molecule has 8 nitrogen and oxygen atoms in total. The number of halogens is 2. The van der Waals surface area contributed by atoms with Crippen molar-refractivity contribution < 1.29 is 19.2 Å². The highest BCUT2D eigenvalue weighted by molar-refractivity contribution is 7.80. The Morgan fingerprint density at radius 3 is 2.48 bits per heavy atom. The van der Waals surface area contributed by atoms with Crippen LogP contribution in [-0.4, -0.2) is 30.2 Å². The van der Waals surface area contributed by atoms with Crippen LogP contribution in [-0.2, 0) is 0 Å². The van der Waals surface area contributed by atoms with Crippen molar-refractivity contribution in [3.8, 4) is 11.5 Å². The zero-order chi connectivity index (χ0) is 20.1. The molecule has 2 aromatic carbocycles. The summed E-state index contributed by atoms with van der Waals surface area (Å²) in [5.74, 6) is -0.220. The maximum absolute atomic E-state index is 12.5. The van der Waals surface area contributed by atoms with E-state index < -0.39 is 10.8 Å². The average Bonchev–Trinajstić information content (AvgIpc) is 2.61. The van der Waals surface area contributed by atoms with Gasteiger partial charge in [-0.25, -0.2) is 0 Å². The van der Waals surface area contributed by atoms with Crippen LogP contribution in [0.15, 0.2) is 30.3 Å². The number of benzene rings is 2. The van der Waals surface area contributed by atoms with Crippen LogP contribution in [0.25, 0.3) is 0 Å². The fourth-order valence-electron chi connectivity index (χ4n) is 2.16. The van der Waals surface area contributed by atoms with Crippen molar-refractivity contribution >= 4 is 57.8 Å². The molecule has 0 aliphatic heterocycles. The number of thiocarbonyl (C=S) groups is 1. The molecule has 0 saturated heterocycles. The number of ether oxygens (including phenoxy) is 2. The van der Waals surface area contributed by atoms with E-state index in [1.54, 1.807) is 0 Å². The Bertz CT molecular complexity index is 923. The van der Waals surface area contributed by atoms with Gasteiger partial charge in [-0.2, -0.15) is 0 Å². The topological polar surface area (TPSA) is 103 Å². The molecular weight excluding hydrogens is 417 g/mol. The van der Waals surface area contributed by atoms with Gasteiger partial charge < -0.3 is 14.8 Å². The van der Waals surface area contributed by atoms with E-state index in [1.165, 1.54) is 44.6 Å². The second-order valence-corrected chi connectivity index (χ2v) is 6.27. The van der Waals surface area contributed by atoms with Gasteiger partial charge in [-0.3, -0.25) is 20.2 Å². The highest BCUT2D eigenvalue weighted by Crippen LogP contribution is 2.32. The van der Waals surface area contributed by atoms with Crippen LogP contribution < -0.4 is 20.1 Å². The molecule has 0 saturated carbocycles. The van der Waals surface area contributed by atoms with E-state index in [0.717, 1.165) is 0 Å². The van der Waals surface area contributed by atoms with Gasteiger partial charge in [0.15, 0.2) is 5.11 Å². The molecule has 0 fully saturated rings. The third-order valence-corrected chi connectivity index (χ3v) is 4.04. The molecule has 0 bridgehead atoms. The summed E-state index contributed by atoms with van der Waals surface area (Å²) >= 11 is 17.0. The number of nitro groups is 1. The summed E-state index contributed by atoms with van der Waals surface area (Å²) < 4.78 is 10.1. The predicted molar refractivity (Wildman–Crippen MR) is 106 cm³/mol. The van der Waals surface area contributed by atoms with Crippen LogP contribution in [0.4, 0.5) is 11.4 Å². The summed E-state index contributed by atoms with van der Waals surface area (Å²) in [6, 6.07) is 6.94. The van der Waals surface area contributed by atoms with Gasteiger partial charge in [0.25, 0.3) is 11.6 Å². The second-order valence-electron chi connectivity index (χ2n) is 5.02. The zero-order valence-corrected chi connectivity index (χ0v) is 16.4. The maximum atomic E-state index is 12.5. The van der Waals surface area contributed by atoms with Gasteiger partial charge in [-0.15, -0.1) is 0 Å². The van der Waals surface area contributed by atoms with Gasteiger partial charge in [0.2, 0.25) is 0 Å². The Balaban J connectivity index is 2.22. The summed E-state index contributed by atoms with van der Waals surface area (Å²) in [6.07, 6.45) is 0. The first kappa shape index (κ1) is 20.7. The first-order valence-electron chi connectivity index (χ1n) is 7.24. The third-order valence-electron chi connectivity index (χ3n) is 3.33. The fourth-order valence-corrected chi connectivity index (χ4v) is 2.93. The van der Waals surface area contributed by atoms with E-state index in [1.807, 2.05) is 0 Å². The molecule has 27 heavy (non-hydrogen) atoms. The van der Waals surface area contributed by atoms with Gasteiger partial charge in [-0.1, -0.05) is 23.2 Å². The second kappa shape index (κ2) is 8.85. The molecule has 2 rings (SSSR count). The van der Waals surface area contributed by atoms with Crippen LogP contribution in [0.2, 0.25) is 10.0 Å². The number of hydrogen-bond donors (Lipinski definition) is 2. The number of anilines is 1. The van der Waals surface area contributed by atoms with E-state index in [4.69, 9.17) is 44.9 Å². The number of amides is 1. The van der Waals surface area contributed by atoms with Crippen LogP contribution >= 0.6 is 35.4 Å². The van der Waals surface area contributed by atoms with Crippen molar-refractivity contribution in [2.45, 2.75) is 0 Å². The van der Waals surface area contributed by atoms with Crippen LogP contribution in [0, 0.1) is 10.1 Å². The standard InChI is InChI=1S/C16H13Cl2N3O5S/c1-25-9-3-4-12(13(7-9)21(23)24)19-16(27)20-15(22)10-5-8(17)6-11(18)14(10)26-2/h3-7H,1-2H3,(H2,19,20,22,27). The number of nitro benzene ring substituents is 1. The maximum Gasteiger partial charge on any atom is 0.296 e. The molecule has 0 aliphatic rings. The Hall–Kier alpha value is -2.62. The lowest BCUT2D eigenvalue weighted by atomic mass is 10.2. The van der Waals surface area contributed by atoms with E-state index in [2.05, 4.69) is 10.6 Å². The number of nitrogens with zero attached hydrogens (tertiary/aromatic N) is 1. The largest absolute Gasteiger partial charge is 0.496 e. The van der Waals surface area contributed by atoms with Crippen molar-refractivity contribution in [3.05, 3.63) is 56.1 Å². The summed E-state index contributed by atoms with van der Waals surface area (Å²) in [4.78, 5) is 23.1. The highest BCUT2D eigenvalue weighted by Gasteiger charge is 2.20. The minimum atomic E-state index is -0.648. The van der Waals surface area contributed by atoms with Crippen LogP contribution in [0.3, 0.4) is 0 Å². The number of nitrogens with one attached hydrogen (secondary N) is 2. The molecule has 0 unspecified atom stereocenters. The minimum Gasteiger partial charge on any atom is -0.496 e. The van der Waals surface area contributed by atoms with Gasteiger partial charge in [-0.05, 0) is 36.5 Å². The first-order valence-corrected chi connectivity index (χ1v) is 8.41. The quantitative estimate of drug-likeness (QED) is 0.419. The number of rotatable bonds is 5. The van der Waals surface area contributed by atoms with Crippen LogP contribution in [0.1, 0.15) is 10.4 Å². The number of methoxy groups -OCH3 is 2. The molecule has 0 aromatic heterocycles. The number of carbonyl (C=O) groups is 1. The van der Waals surface area contributed by atoms with Crippen molar-refractivity contribution in [2.24, 2.45) is 0 Å². The van der Waals surface area contributed by atoms with Crippen molar-refractivity contribution in [3.63, 3.8) is 0 Å². The molecular formula is C16H13Cl2N3O5S. The molecule has 0 spiro atoms. The van der Waals surface area contributed by atoms with Gasteiger partial charge in [0, 0.05) is 5.02 Å². The highest BCUT2D eigenvalue weighted by atomic mass is 35.5. The first-order chi connectivity index (χ1) is 12.8. The van der Waals surface area contributed by atoms with E-state index in [-0.39, 0.29) is 37.8 Å². The average molecular weight is 430 g/mol. The SMILES string of the molecule is COc1ccc(NC(=S)NC(=O)c2cc(Cl)cc(Cl)c2OC)c([N+](=O)[O-])c1. The van der Waals surface area contributed by atoms with Crippen molar-refractivity contribution in [2.75, 3.05) is 19.5 Å². The Labute approximate surface area is 169 Å². The lowest BCUT2D eigenvalue weighted by Gasteiger charge is -2.13. The normalized spacial score (nSPS) is 10.1. The molecule has 2 aromatic rings. The Morgan fingerprint density at radius 1 is 1.19 bits per heavy atom. The molecule has 2 N–H and O–H groups in total. The van der Waals surface area contributed by atoms with Gasteiger partial charge in [0.1, 0.15) is 17.2 Å². The molecule has 0 atom stereocenters. The third kappa shape index (κ3) is 4.97. The smallest absolute Gasteiger partial charge is 0.296 e.